The van der Waals surface area contributed by atoms with Crippen molar-refractivity contribution in [3.05, 3.63) is 68.7 Å². The van der Waals surface area contributed by atoms with Gasteiger partial charge in [-0.15, -0.1) is 0 Å². The van der Waals surface area contributed by atoms with Crippen molar-refractivity contribution in [1.82, 2.24) is 5.32 Å². The lowest BCUT2D eigenvalue weighted by molar-refractivity contribution is -0.383. The number of carbonyl (C=O) groups excluding carboxylic acids is 3. The van der Waals surface area contributed by atoms with Crippen molar-refractivity contribution in [2.75, 3.05) is 18.5 Å². The molecule has 2 aromatic rings. The normalized spacial score (nSPS) is 9.96. The summed E-state index contributed by atoms with van der Waals surface area (Å²) in [5.41, 5.74) is 0.0751. The van der Waals surface area contributed by atoms with Crippen molar-refractivity contribution in [3.63, 3.8) is 0 Å². The Hall–Kier alpha value is -3.27. The molecule has 0 atom stereocenters. The van der Waals surface area contributed by atoms with Gasteiger partial charge >= 0.3 is 5.97 Å². The molecule has 2 rings (SSSR count). The number of rotatable bonds is 7. The van der Waals surface area contributed by atoms with E-state index in [1.165, 1.54) is 24.3 Å². The van der Waals surface area contributed by atoms with E-state index >= 15 is 0 Å². The van der Waals surface area contributed by atoms with Crippen LogP contribution in [0.15, 0.2) is 53.0 Å². The van der Waals surface area contributed by atoms with Crippen LogP contribution in [0.25, 0.3) is 0 Å². The van der Waals surface area contributed by atoms with Crippen LogP contribution < -0.4 is 10.6 Å². The van der Waals surface area contributed by atoms with E-state index in [2.05, 4.69) is 26.6 Å². The summed E-state index contributed by atoms with van der Waals surface area (Å²) in [4.78, 5) is 45.5. The van der Waals surface area contributed by atoms with Gasteiger partial charge in [-0.3, -0.25) is 24.5 Å². The number of para-hydroxylation sites is 2. The van der Waals surface area contributed by atoms with Gasteiger partial charge in [-0.25, -0.2) is 0 Å². The van der Waals surface area contributed by atoms with Crippen LogP contribution in [-0.2, 0) is 14.3 Å². The lowest BCUT2D eigenvalue weighted by Crippen LogP contribution is -2.32. The first-order chi connectivity index (χ1) is 12.9. The van der Waals surface area contributed by atoms with Crippen LogP contribution >= 0.6 is 15.9 Å². The van der Waals surface area contributed by atoms with Crippen molar-refractivity contribution in [2.24, 2.45) is 0 Å². The molecule has 2 amide bonds. The maximum Gasteiger partial charge on any atom is 0.325 e. The molecule has 0 spiro atoms. The molecule has 140 valence electrons. The molecule has 0 saturated heterocycles. The molecule has 0 aliphatic rings. The molecule has 0 saturated carbocycles. The molecule has 27 heavy (non-hydrogen) atoms. The maximum atomic E-state index is 11.9. The number of halogens is 1. The molecule has 10 heteroatoms. The molecule has 0 fully saturated rings. The van der Waals surface area contributed by atoms with Crippen molar-refractivity contribution in [3.8, 4) is 0 Å². The highest BCUT2D eigenvalue weighted by Crippen LogP contribution is 2.22. The van der Waals surface area contributed by atoms with Crippen molar-refractivity contribution >= 4 is 45.1 Å². The van der Waals surface area contributed by atoms with Crippen LogP contribution in [0, 0.1) is 10.1 Å². The second-order valence-corrected chi connectivity index (χ2v) is 6.09. The predicted molar refractivity (Wildman–Crippen MR) is 99.2 cm³/mol. The van der Waals surface area contributed by atoms with Crippen molar-refractivity contribution in [1.29, 1.82) is 0 Å². The average molecular weight is 436 g/mol. The number of benzene rings is 2. The second-order valence-electron chi connectivity index (χ2n) is 5.17. The third kappa shape index (κ3) is 6.19. The molecule has 2 N–H and O–H groups in total. The van der Waals surface area contributed by atoms with Crippen LogP contribution in [0.2, 0.25) is 0 Å². The average Bonchev–Trinajstić information content (AvgIpc) is 2.65. The fourth-order valence-corrected chi connectivity index (χ4v) is 2.24. The molecule has 9 nitrogen and oxygen atoms in total. The van der Waals surface area contributed by atoms with Gasteiger partial charge < -0.3 is 15.4 Å². The Kier molecular flexibility index (Phi) is 7.00. The fourth-order valence-electron chi connectivity index (χ4n) is 1.98. The number of esters is 1. The molecule has 0 heterocycles. The zero-order chi connectivity index (χ0) is 19.8. The summed E-state index contributed by atoms with van der Waals surface area (Å²) in [5, 5.41) is 15.5. The third-order valence-electron chi connectivity index (χ3n) is 3.24. The van der Waals surface area contributed by atoms with Gasteiger partial charge in [0.2, 0.25) is 0 Å². The van der Waals surface area contributed by atoms with Gasteiger partial charge in [0.1, 0.15) is 12.2 Å². The number of nitro groups is 1. The molecular weight excluding hydrogens is 422 g/mol. The number of amides is 2. The Morgan fingerprint density at radius 2 is 1.74 bits per heavy atom. The lowest BCUT2D eigenvalue weighted by Gasteiger charge is -2.08. The summed E-state index contributed by atoms with van der Waals surface area (Å²) in [5.74, 6) is -2.03. The first-order valence-corrected chi connectivity index (χ1v) is 8.39. The summed E-state index contributed by atoms with van der Waals surface area (Å²) in [6.45, 7) is -1.06. The quantitative estimate of drug-likeness (QED) is 0.390. The van der Waals surface area contributed by atoms with Gasteiger partial charge in [0.25, 0.3) is 17.5 Å². The first-order valence-electron chi connectivity index (χ1n) is 7.59. The molecular formula is C17H14BrN3O6. The predicted octanol–water partition coefficient (Wildman–Crippen LogP) is 2.27. The van der Waals surface area contributed by atoms with E-state index in [9.17, 15) is 24.5 Å². The minimum atomic E-state index is -0.821. The molecule has 0 aliphatic carbocycles. The number of anilines is 1. The summed E-state index contributed by atoms with van der Waals surface area (Å²) >= 11 is 3.25. The molecule has 2 aromatic carbocycles. The number of nitrogens with one attached hydrogen (secondary N) is 2. The number of nitrogens with zero attached hydrogens (tertiary/aromatic N) is 1. The first kappa shape index (κ1) is 20.0. The highest BCUT2D eigenvalue weighted by molar-refractivity contribution is 9.10. The van der Waals surface area contributed by atoms with Crippen LogP contribution in [0.1, 0.15) is 10.4 Å². The van der Waals surface area contributed by atoms with Gasteiger partial charge in [-0.05, 0) is 30.3 Å². The zero-order valence-electron chi connectivity index (χ0n) is 13.8. The molecule has 0 aliphatic heterocycles. The molecule has 0 radical (unpaired) electrons. The molecule has 0 unspecified atom stereocenters. The lowest BCUT2D eigenvalue weighted by atomic mass is 10.2. The van der Waals surface area contributed by atoms with Crippen LogP contribution in [0.4, 0.5) is 11.4 Å². The summed E-state index contributed by atoms with van der Waals surface area (Å²) in [7, 11) is 0. The summed E-state index contributed by atoms with van der Waals surface area (Å²) in [6.07, 6.45) is 0. The van der Waals surface area contributed by atoms with E-state index in [0.29, 0.717) is 5.56 Å². The Morgan fingerprint density at radius 1 is 1.07 bits per heavy atom. The topological polar surface area (TPSA) is 128 Å². The number of hydrogen-bond donors (Lipinski definition) is 2. The fraction of sp³-hybridized carbons (Fsp3) is 0.118. The van der Waals surface area contributed by atoms with Crippen LogP contribution in [-0.4, -0.2) is 35.9 Å². The summed E-state index contributed by atoms with van der Waals surface area (Å²) in [6, 6.07) is 12.1. The Labute approximate surface area is 162 Å². The second kappa shape index (κ2) is 9.43. The number of nitro benzene ring substituents is 1. The van der Waals surface area contributed by atoms with E-state index in [4.69, 9.17) is 4.74 Å². The van der Waals surface area contributed by atoms with Crippen LogP contribution in [0.5, 0.6) is 0 Å². The standard InChI is InChI=1S/C17H14BrN3O6/c18-12-7-5-11(6-8-12)17(24)19-9-16(23)27-10-15(22)20-13-3-1-2-4-14(13)21(25)26/h1-8H,9-10H2,(H,19,24)(H,20,22). The number of carbonyl (C=O) groups is 3. The SMILES string of the molecule is O=C(COC(=O)CNC(=O)c1ccc(Br)cc1)Nc1ccccc1[N+](=O)[O-]. The highest BCUT2D eigenvalue weighted by atomic mass is 79.9. The number of hydrogen-bond acceptors (Lipinski definition) is 6. The Bertz CT molecular complexity index is 869. The van der Waals surface area contributed by atoms with Crippen LogP contribution in [0.3, 0.4) is 0 Å². The smallest absolute Gasteiger partial charge is 0.325 e. The van der Waals surface area contributed by atoms with Gasteiger partial charge in [-0.1, -0.05) is 28.1 Å². The van der Waals surface area contributed by atoms with Crippen molar-refractivity contribution < 1.29 is 24.0 Å². The minimum Gasteiger partial charge on any atom is -0.454 e. The van der Waals surface area contributed by atoms with Gasteiger partial charge in [0.05, 0.1) is 4.92 Å². The van der Waals surface area contributed by atoms with E-state index < -0.39 is 35.9 Å². The third-order valence-corrected chi connectivity index (χ3v) is 3.77. The summed E-state index contributed by atoms with van der Waals surface area (Å²) < 4.78 is 5.55. The molecule has 0 bridgehead atoms. The molecule has 0 aromatic heterocycles. The van der Waals surface area contributed by atoms with E-state index in [1.54, 1.807) is 24.3 Å². The largest absolute Gasteiger partial charge is 0.454 e. The van der Waals surface area contributed by atoms with E-state index in [1.807, 2.05) is 0 Å². The highest BCUT2D eigenvalue weighted by Gasteiger charge is 2.16. The van der Waals surface area contributed by atoms with E-state index in [-0.39, 0.29) is 11.4 Å². The van der Waals surface area contributed by atoms with Crippen molar-refractivity contribution in [2.45, 2.75) is 0 Å². The van der Waals surface area contributed by atoms with Gasteiger partial charge in [-0.2, -0.15) is 0 Å². The minimum absolute atomic E-state index is 0.00732. The van der Waals surface area contributed by atoms with E-state index in [0.717, 1.165) is 4.47 Å². The monoisotopic (exact) mass is 435 g/mol. The Morgan fingerprint density at radius 3 is 2.41 bits per heavy atom. The van der Waals surface area contributed by atoms with Gasteiger partial charge in [0.15, 0.2) is 6.61 Å². The van der Waals surface area contributed by atoms with Gasteiger partial charge in [0, 0.05) is 16.1 Å². The Balaban J connectivity index is 1.78. The number of ether oxygens (including phenoxy) is 1. The zero-order valence-corrected chi connectivity index (χ0v) is 15.4. The maximum absolute atomic E-state index is 11.9.